The highest BCUT2D eigenvalue weighted by Gasteiger charge is 2.25. The zero-order valence-corrected chi connectivity index (χ0v) is 12.7. The van der Waals surface area contributed by atoms with Gasteiger partial charge in [0, 0.05) is 12.1 Å². The number of aryl methyl sites for hydroxylation is 2. The number of fused-ring (bicyclic) bond motifs is 1. The summed E-state index contributed by atoms with van der Waals surface area (Å²) in [6.07, 6.45) is -0.522. The number of aliphatic carboxylic acids is 2. The SMILES string of the molecule is Cc1nnc2sc(C(=O)NC(CCC(=O)O)C(=O)O)c(C)n12. The largest absolute Gasteiger partial charge is 0.481 e. The topological polar surface area (TPSA) is 134 Å². The van der Waals surface area contributed by atoms with Crippen LogP contribution in [-0.2, 0) is 9.59 Å². The molecule has 118 valence electrons. The van der Waals surface area contributed by atoms with Crippen molar-refractivity contribution in [3.05, 3.63) is 16.4 Å². The van der Waals surface area contributed by atoms with E-state index in [9.17, 15) is 14.4 Å². The van der Waals surface area contributed by atoms with Crippen LogP contribution in [0.15, 0.2) is 0 Å². The molecular formula is C12H14N4O5S. The molecule has 22 heavy (non-hydrogen) atoms. The molecule has 0 saturated carbocycles. The Morgan fingerprint density at radius 1 is 1.27 bits per heavy atom. The first-order valence-electron chi connectivity index (χ1n) is 6.38. The normalized spacial score (nSPS) is 12.3. The van der Waals surface area contributed by atoms with Crippen molar-refractivity contribution in [2.45, 2.75) is 32.7 Å². The van der Waals surface area contributed by atoms with E-state index in [-0.39, 0.29) is 12.8 Å². The van der Waals surface area contributed by atoms with Gasteiger partial charge in [-0.3, -0.25) is 14.0 Å². The number of hydrogen-bond acceptors (Lipinski definition) is 6. The second kappa shape index (κ2) is 6.10. The molecule has 0 aliphatic heterocycles. The number of carboxylic acid groups (broad SMARTS) is 2. The van der Waals surface area contributed by atoms with Crippen LogP contribution in [0.25, 0.3) is 4.96 Å². The summed E-state index contributed by atoms with van der Waals surface area (Å²) >= 11 is 1.10. The maximum atomic E-state index is 12.2. The van der Waals surface area contributed by atoms with Gasteiger partial charge in [-0.05, 0) is 20.3 Å². The molecule has 2 heterocycles. The van der Waals surface area contributed by atoms with Gasteiger partial charge in [0.1, 0.15) is 16.7 Å². The molecule has 0 fully saturated rings. The Labute approximate surface area is 128 Å². The van der Waals surface area contributed by atoms with E-state index in [1.165, 1.54) is 0 Å². The molecule has 0 aliphatic carbocycles. The Hall–Kier alpha value is -2.49. The Balaban J connectivity index is 2.19. The summed E-state index contributed by atoms with van der Waals surface area (Å²) in [6.45, 7) is 3.45. The molecule has 3 N–H and O–H groups in total. The van der Waals surface area contributed by atoms with E-state index >= 15 is 0 Å². The molecule has 2 aromatic rings. The van der Waals surface area contributed by atoms with Crippen LogP contribution in [0, 0.1) is 13.8 Å². The molecular weight excluding hydrogens is 312 g/mol. The van der Waals surface area contributed by atoms with Crippen LogP contribution >= 0.6 is 11.3 Å². The van der Waals surface area contributed by atoms with Gasteiger partial charge in [-0.2, -0.15) is 0 Å². The highest BCUT2D eigenvalue weighted by molar-refractivity contribution is 7.19. The van der Waals surface area contributed by atoms with Gasteiger partial charge in [0.15, 0.2) is 0 Å². The fraction of sp³-hybridized carbons (Fsp3) is 0.417. The Bertz CT molecular complexity index is 750. The fourth-order valence-corrected chi connectivity index (χ4v) is 3.04. The molecule has 2 aromatic heterocycles. The number of aromatic nitrogens is 3. The van der Waals surface area contributed by atoms with Crippen molar-refractivity contribution < 1.29 is 24.6 Å². The van der Waals surface area contributed by atoms with Crippen LogP contribution in [0.4, 0.5) is 0 Å². The van der Waals surface area contributed by atoms with Gasteiger partial charge in [-0.1, -0.05) is 11.3 Å². The lowest BCUT2D eigenvalue weighted by molar-refractivity contribution is -0.140. The summed E-state index contributed by atoms with van der Waals surface area (Å²) in [7, 11) is 0. The average molecular weight is 326 g/mol. The van der Waals surface area contributed by atoms with Gasteiger partial charge in [0.2, 0.25) is 4.96 Å². The Morgan fingerprint density at radius 3 is 2.50 bits per heavy atom. The van der Waals surface area contributed by atoms with E-state index in [2.05, 4.69) is 15.5 Å². The third kappa shape index (κ3) is 3.06. The van der Waals surface area contributed by atoms with Crippen molar-refractivity contribution in [2.75, 3.05) is 0 Å². The molecule has 0 saturated heterocycles. The van der Waals surface area contributed by atoms with Crippen LogP contribution in [0.3, 0.4) is 0 Å². The molecule has 10 heteroatoms. The van der Waals surface area contributed by atoms with Crippen molar-refractivity contribution in [1.82, 2.24) is 19.9 Å². The summed E-state index contributed by atoms with van der Waals surface area (Å²) in [4.78, 5) is 34.7. The molecule has 2 rings (SSSR count). The van der Waals surface area contributed by atoms with Gasteiger partial charge < -0.3 is 15.5 Å². The highest BCUT2D eigenvalue weighted by atomic mass is 32.1. The molecule has 9 nitrogen and oxygen atoms in total. The number of rotatable bonds is 6. The third-order valence-electron chi connectivity index (χ3n) is 3.11. The minimum Gasteiger partial charge on any atom is -0.481 e. The summed E-state index contributed by atoms with van der Waals surface area (Å²) in [5.74, 6) is -2.33. The number of carbonyl (C=O) groups is 3. The van der Waals surface area contributed by atoms with Gasteiger partial charge in [-0.25, -0.2) is 4.79 Å². The summed E-state index contributed by atoms with van der Waals surface area (Å²) < 4.78 is 1.70. The second-order valence-corrected chi connectivity index (χ2v) is 5.66. The third-order valence-corrected chi connectivity index (χ3v) is 4.24. The molecule has 1 unspecified atom stereocenters. The highest BCUT2D eigenvalue weighted by Crippen LogP contribution is 2.22. The zero-order valence-electron chi connectivity index (χ0n) is 11.9. The predicted molar refractivity (Wildman–Crippen MR) is 76.1 cm³/mol. The lowest BCUT2D eigenvalue weighted by atomic mass is 10.1. The minimum atomic E-state index is -1.27. The van der Waals surface area contributed by atoms with E-state index in [0.717, 1.165) is 11.3 Å². The second-order valence-electron chi connectivity index (χ2n) is 4.68. The van der Waals surface area contributed by atoms with E-state index in [1.54, 1.807) is 18.2 Å². The van der Waals surface area contributed by atoms with Crippen molar-refractivity contribution in [1.29, 1.82) is 0 Å². The quantitative estimate of drug-likeness (QED) is 0.701. The first kappa shape index (κ1) is 15.9. The Morgan fingerprint density at radius 2 is 1.95 bits per heavy atom. The van der Waals surface area contributed by atoms with Crippen molar-refractivity contribution in [3.63, 3.8) is 0 Å². The Kier molecular flexibility index (Phi) is 4.40. The van der Waals surface area contributed by atoms with Crippen LogP contribution in [0.1, 0.15) is 34.0 Å². The first-order chi connectivity index (χ1) is 10.3. The predicted octanol–water partition coefficient (Wildman–Crippen LogP) is 0.455. The van der Waals surface area contributed by atoms with Crippen LogP contribution < -0.4 is 5.32 Å². The van der Waals surface area contributed by atoms with Crippen molar-refractivity contribution >= 4 is 34.1 Å². The first-order valence-corrected chi connectivity index (χ1v) is 7.19. The van der Waals surface area contributed by atoms with Crippen molar-refractivity contribution in [2.24, 2.45) is 0 Å². The molecule has 0 spiro atoms. The van der Waals surface area contributed by atoms with Crippen molar-refractivity contribution in [3.8, 4) is 0 Å². The van der Waals surface area contributed by atoms with Gasteiger partial charge in [0.25, 0.3) is 5.91 Å². The van der Waals surface area contributed by atoms with Gasteiger partial charge in [0.05, 0.1) is 0 Å². The lowest BCUT2D eigenvalue weighted by Gasteiger charge is -2.13. The number of thiazole rings is 1. The van der Waals surface area contributed by atoms with E-state index in [0.29, 0.717) is 21.4 Å². The molecule has 0 aromatic carbocycles. The fourth-order valence-electron chi connectivity index (χ4n) is 2.02. The summed E-state index contributed by atoms with van der Waals surface area (Å²) in [6, 6.07) is -1.25. The van der Waals surface area contributed by atoms with Crippen LogP contribution in [0.5, 0.6) is 0 Å². The average Bonchev–Trinajstić information content (AvgIpc) is 2.95. The smallest absolute Gasteiger partial charge is 0.326 e. The zero-order chi connectivity index (χ0) is 16.4. The number of hydrogen-bond donors (Lipinski definition) is 3. The molecule has 0 bridgehead atoms. The maximum absolute atomic E-state index is 12.2. The van der Waals surface area contributed by atoms with Gasteiger partial charge >= 0.3 is 11.9 Å². The summed E-state index contributed by atoms with van der Waals surface area (Å²) in [5, 5.41) is 27.8. The summed E-state index contributed by atoms with van der Waals surface area (Å²) in [5.41, 5.74) is 0.613. The number of nitrogens with zero attached hydrogens (tertiary/aromatic N) is 3. The maximum Gasteiger partial charge on any atom is 0.326 e. The molecule has 0 aliphatic rings. The monoisotopic (exact) mass is 326 g/mol. The van der Waals surface area contributed by atoms with E-state index in [4.69, 9.17) is 10.2 Å². The molecule has 1 amide bonds. The molecule has 0 radical (unpaired) electrons. The standard InChI is InChI=1S/C12H14N4O5S/c1-5-9(22-12-15-14-6(2)16(5)12)10(19)13-7(11(20)21)3-4-8(17)18/h7H,3-4H2,1-2H3,(H,13,19)(H,17,18)(H,20,21). The van der Waals surface area contributed by atoms with Gasteiger partial charge in [-0.15, -0.1) is 10.2 Å². The van der Waals surface area contributed by atoms with E-state index < -0.39 is 23.9 Å². The number of carboxylic acids is 2. The minimum absolute atomic E-state index is 0.182. The van der Waals surface area contributed by atoms with E-state index in [1.807, 2.05) is 0 Å². The lowest BCUT2D eigenvalue weighted by Crippen LogP contribution is -2.41. The number of amides is 1. The number of nitrogens with one attached hydrogen (secondary N) is 1. The van der Waals surface area contributed by atoms with Crippen LogP contribution in [0.2, 0.25) is 0 Å². The number of carbonyl (C=O) groups excluding carboxylic acids is 1. The van der Waals surface area contributed by atoms with Crippen LogP contribution in [-0.4, -0.2) is 48.7 Å². The molecule has 1 atom stereocenters.